The first-order valence-electron chi connectivity index (χ1n) is 7.54. The molecule has 118 valence electrons. The van der Waals surface area contributed by atoms with Crippen LogP contribution < -0.4 is 10.2 Å². The molecule has 2 N–H and O–H groups in total. The van der Waals surface area contributed by atoms with E-state index < -0.39 is 5.60 Å². The third kappa shape index (κ3) is 4.68. The number of aliphatic hydroxyl groups is 1. The molecule has 1 heterocycles. The molecule has 0 atom stereocenters. The lowest BCUT2D eigenvalue weighted by Gasteiger charge is -2.37. The molecule has 0 aromatic heterocycles. The zero-order valence-electron chi connectivity index (χ0n) is 12.9. The van der Waals surface area contributed by atoms with Crippen LogP contribution in [0.5, 0.6) is 0 Å². The fraction of sp³-hybridized carbons (Fsp3) is 0.625. The minimum Gasteiger partial charge on any atom is -0.388 e. The molecule has 0 radical (unpaired) electrons. The standard InChI is InChI=1S/C16H25BrN2O2/c1-3-18-11-13-10-14(17)4-5-15(13)19(2)12-16(20)6-8-21-9-7-16/h4-5,10,18,20H,3,6-9,11-12H2,1-2H3. The van der Waals surface area contributed by atoms with Crippen LogP contribution in [-0.4, -0.2) is 44.1 Å². The first-order valence-corrected chi connectivity index (χ1v) is 8.34. The molecule has 0 amide bonds. The van der Waals surface area contributed by atoms with Crippen LogP contribution in [0.1, 0.15) is 25.3 Å². The lowest BCUT2D eigenvalue weighted by molar-refractivity contribution is -0.0572. The number of nitrogens with zero attached hydrogens (tertiary/aromatic N) is 1. The number of benzene rings is 1. The van der Waals surface area contributed by atoms with Gasteiger partial charge in [-0.3, -0.25) is 0 Å². The van der Waals surface area contributed by atoms with Crippen molar-refractivity contribution in [2.45, 2.75) is 31.9 Å². The van der Waals surface area contributed by atoms with Gasteiger partial charge in [-0.05, 0) is 30.3 Å². The predicted molar refractivity (Wildman–Crippen MR) is 89.8 cm³/mol. The van der Waals surface area contributed by atoms with Crippen LogP contribution in [0.25, 0.3) is 0 Å². The Kier molecular flexibility index (Phi) is 6.05. The van der Waals surface area contributed by atoms with Crippen LogP contribution in [-0.2, 0) is 11.3 Å². The smallest absolute Gasteiger partial charge is 0.0865 e. The molecule has 1 aliphatic heterocycles. The van der Waals surface area contributed by atoms with Crippen LogP contribution in [0.3, 0.4) is 0 Å². The van der Waals surface area contributed by atoms with E-state index in [1.807, 2.05) is 7.05 Å². The Morgan fingerprint density at radius 3 is 2.76 bits per heavy atom. The zero-order chi connectivity index (χ0) is 15.3. The highest BCUT2D eigenvalue weighted by atomic mass is 79.9. The summed E-state index contributed by atoms with van der Waals surface area (Å²) < 4.78 is 6.43. The van der Waals surface area contributed by atoms with Gasteiger partial charge in [-0.25, -0.2) is 0 Å². The van der Waals surface area contributed by atoms with Gasteiger partial charge < -0.3 is 20.1 Å². The summed E-state index contributed by atoms with van der Waals surface area (Å²) in [6.07, 6.45) is 1.41. The molecule has 21 heavy (non-hydrogen) atoms. The van der Waals surface area contributed by atoms with Crippen LogP contribution >= 0.6 is 15.9 Å². The second kappa shape index (κ2) is 7.58. The van der Waals surface area contributed by atoms with Gasteiger partial charge in [0.2, 0.25) is 0 Å². The maximum Gasteiger partial charge on any atom is 0.0865 e. The van der Waals surface area contributed by atoms with Gasteiger partial charge in [0.25, 0.3) is 0 Å². The Morgan fingerprint density at radius 2 is 2.10 bits per heavy atom. The second-order valence-electron chi connectivity index (χ2n) is 5.75. The van der Waals surface area contributed by atoms with Gasteiger partial charge in [0.15, 0.2) is 0 Å². The predicted octanol–water partition coefficient (Wildman–Crippen LogP) is 2.54. The Hall–Kier alpha value is -0.620. The summed E-state index contributed by atoms with van der Waals surface area (Å²) in [5.74, 6) is 0. The summed E-state index contributed by atoms with van der Waals surface area (Å²) in [4.78, 5) is 2.16. The number of nitrogens with one attached hydrogen (secondary N) is 1. The summed E-state index contributed by atoms with van der Waals surface area (Å²) in [6.45, 7) is 5.81. The van der Waals surface area contributed by atoms with E-state index in [4.69, 9.17) is 4.74 Å². The molecule has 1 fully saturated rings. The van der Waals surface area contributed by atoms with Crippen molar-refractivity contribution in [2.75, 3.05) is 38.3 Å². The van der Waals surface area contributed by atoms with E-state index in [0.29, 0.717) is 32.6 Å². The monoisotopic (exact) mass is 356 g/mol. The van der Waals surface area contributed by atoms with Crippen LogP contribution in [0.4, 0.5) is 5.69 Å². The largest absolute Gasteiger partial charge is 0.388 e. The van der Waals surface area contributed by atoms with E-state index in [9.17, 15) is 5.11 Å². The Labute approximate surface area is 135 Å². The summed E-state index contributed by atoms with van der Waals surface area (Å²) in [7, 11) is 2.05. The molecule has 1 saturated heterocycles. The average Bonchev–Trinajstić information content (AvgIpc) is 2.45. The molecule has 0 aliphatic carbocycles. The molecular formula is C16H25BrN2O2. The van der Waals surface area contributed by atoms with Gasteiger partial charge in [0, 0.05) is 56.4 Å². The first-order chi connectivity index (χ1) is 10.0. The van der Waals surface area contributed by atoms with Crippen molar-refractivity contribution in [3.63, 3.8) is 0 Å². The summed E-state index contributed by atoms with van der Waals surface area (Å²) >= 11 is 3.53. The number of rotatable bonds is 6. The zero-order valence-corrected chi connectivity index (χ0v) is 14.4. The lowest BCUT2D eigenvalue weighted by Crippen LogP contribution is -2.46. The minimum atomic E-state index is -0.643. The Balaban J connectivity index is 2.11. The molecule has 1 aliphatic rings. The second-order valence-corrected chi connectivity index (χ2v) is 6.66. The Morgan fingerprint density at radius 1 is 1.38 bits per heavy atom. The van der Waals surface area contributed by atoms with Crippen molar-refractivity contribution in [3.05, 3.63) is 28.2 Å². The SMILES string of the molecule is CCNCc1cc(Br)ccc1N(C)CC1(O)CCOCC1. The first kappa shape index (κ1) is 16.7. The van der Waals surface area contributed by atoms with E-state index in [1.54, 1.807) is 0 Å². The van der Waals surface area contributed by atoms with Crippen molar-refractivity contribution in [2.24, 2.45) is 0 Å². The van der Waals surface area contributed by atoms with Gasteiger partial charge in [-0.1, -0.05) is 22.9 Å². The van der Waals surface area contributed by atoms with E-state index in [2.05, 4.69) is 51.3 Å². The van der Waals surface area contributed by atoms with Gasteiger partial charge in [-0.2, -0.15) is 0 Å². The average molecular weight is 357 g/mol. The summed E-state index contributed by atoms with van der Waals surface area (Å²) in [5, 5.41) is 14.0. The molecule has 2 rings (SSSR count). The van der Waals surface area contributed by atoms with E-state index in [0.717, 1.165) is 17.6 Å². The van der Waals surface area contributed by atoms with Crippen LogP contribution in [0, 0.1) is 0 Å². The molecule has 1 aromatic carbocycles. The Bertz CT molecular complexity index is 462. The van der Waals surface area contributed by atoms with Crippen molar-refractivity contribution in [3.8, 4) is 0 Å². The van der Waals surface area contributed by atoms with Crippen LogP contribution in [0.15, 0.2) is 22.7 Å². The molecule has 0 bridgehead atoms. The number of likely N-dealkylation sites (N-methyl/N-ethyl adjacent to an activating group) is 1. The number of hydrogen-bond acceptors (Lipinski definition) is 4. The number of halogens is 1. The van der Waals surface area contributed by atoms with Gasteiger partial charge >= 0.3 is 0 Å². The molecule has 4 nitrogen and oxygen atoms in total. The van der Waals surface area contributed by atoms with E-state index >= 15 is 0 Å². The quantitative estimate of drug-likeness (QED) is 0.821. The molecule has 0 unspecified atom stereocenters. The normalized spacial score (nSPS) is 17.7. The number of hydrogen-bond donors (Lipinski definition) is 2. The van der Waals surface area contributed by atoms with Crippen molar-refractivity contribution < 1.29 is 9.84 Å². The molecule has 5 heteroatoms. The fourth-order valence-electron chi connectivity index (χ4n) is 2.76. The van der Waals surface area contributed by atoms with Crippen molar-refractivity contribution in [1.82, 2.24) is 5.32 Å². The van der Waals surface area contributed by atoms with Crippen molar-refractivity contribution >= 4 is 21.6 Å². The topological polar surface area (TPSA) is 44.7 Å². The molecule has 0 saturated carbocycles. The highest BCUT2D eigenvalue weighted by molar-refractivity contribution is 9.10. The number of ether oxygens (including phenoxy) is 1. The fourth-order valence-corrected chi connectivity index (χ4v) is 3.17. The van der Waals surface area contributed by atoms with Gasteiger partial charge in [0.1, 0.15) is 0 Å². The maximum absolute atomic E-state index is 10.7. The molecule has 1 aromatic rings. The van der Waals surface area contributed by atoms with Gasteiger partial charge in [0.05, 0.1) is 5.60 Å². The highest BCUT2D eigenvalue weighted by Crippen LogP contribution is 2.28. The molecular weight excluding hydrogens is 332 g/mol. The highest BCUT2D eigenvalue weighted by Gasteiger charge is 2.31. The summed E-state index contributed by atoms with van der Waals surface area (Å²) in [6, 6.07) is 6.30. The van der Waals surface area contributed by atoms with E-state index in [1.165, 1.54) is 11.3 Å². The molecule has 0 spiro atoms. The minimum absolute atomic E-state index is 0.636. The van der Waals surface area contributed by atoms with E-state index in [-0.39, 0.29) is 0 Å². The maximum atomic E-state index is 10.7. The number of anilines is 1. The van der Waals surface area contributed by atoms with Crippen LogP contribution in [0.2, 0.25) is 0 Å². The third-order valence-electron chi connectivity index (χ3n) is 3.97. The lowest BCUT2D eigenvalue weighted by atomic mass is 9.93. The summed E-state index contributed by atoms with van der Waals surface area (Å²) in [5.41, 5.74) is 1.76. The van der Waals surface area contributed by atoms with Gasteiger partial charge in [-0.15, -0.1) is 0 Å². The van der Waals surface area contributed by atoms with Crippen molar-refractivity contribution in [1.29, 1.82) is 0 Å². The third-order valence-corrected chi connectivity index (χ3v) is 4.47.